The molecular weight excluding hydrogens is 564 g/mol. The average Bonchev–Trinajstić information content (AvgIpc) is 3.28. The van der Waals surface area contributed by atoms with Gasteiger partial charge in [-0.15, -0.1) is 12.8 Å². The highest BCUT2D eigenvalue weighted by atomic mass is 79.9. The van der Waals surface area contributed by atoms with Gasteiger partial charge in [-0.2, -0.15) is 0 Å². The van der Waals surface area contributed by atoms with Crippen molar-refractivity contribution >= 4 is 53.4 Å². The molecule has 6 nitrogen and oxygen atoms in total. The van der Waals surface area contributed by atoms with Crippen LogP contribution in [0.3, 0.4) is 0 Å². The molecule has 2 saturated carbocycles. The number of rotatable bonds is 2. The molecule has 0 bridgehead atoms. The minimum Gasteiger partial charge on any atom is -0.268 e. The van der Waals surface area contributed by atoms with Gasteiger partial charge in [0.15, 0.2) is 0 Å². The molecule has 0 N–H and O–H groups in total. The van der Waals surface area contributed by atoms with Gasteiger partial charge >= 0.3 is 0 Å². The molecule has 5 rings (SSSR count). The molecule has 0 unspecified atom stereocenters. The zero-order valence-corrected chi connectivity index (χ0v) is 21.7. The number of nitrogens with zero attached hydrogens (tertiary/aromatic N) is 2. The number of aromatic nitrogens is 2. The van der Waals surface area contributed by atoms with Crippen LogP contribution in [0.1, 0.15) is 64.2 Å². The van der Waals surface area contributed by atoms with Crippen molar-refractivity contribution in [3.8, 4) is 24.7 Å². The van der Waals surface area contributed by atoms with E-state index in [1.165, 1.54) is 0 Å². The Kier molecular flexibility index (Phi) is 5.54. The monoisotopic (exact) mass is 584 g/mol. The highest BCUT2D eigenvalue weighted by Gasteiger charge is 2.40. The van der Waals surface area contributed by atoms with Crippen LogP contribution < -0.4 is 22.2 Å². The van der Waals surface area contributed by atoms with Crippen LogP contribution in [-0.2, 0) is 11.1 Å². The van der Waals surface area contributed by atoms with Crippen LogP contribution in [0.5, 0.6) is 0 Å². The van der Waals surface area contributed by atoms with Crippen molar-refractivity contribution in [2.45, 2.75) is 75.3 Å². The smallest absolute Gasteiger partial charge is 0.264 e. The van der Waals surface area contributed by atoms with E-state index in [4.69, 9.17) is 12.8 Å². The van der Waals surface area contributed by atoms with Crippen LogP contribution in [0.2, 0.25) is 0 Å². The fourth-order valence-electron chi connectivity index (χ4n) is 6.04. The summed E-state index contributed by atoms with van der Waals surface area (Å²) in [5, 5.41) is 0.268. The van der Waals surface area contributed by atoms with Crippen LogP contribution in [-0.4, -0.2) is 9.13 Å². The van der Waals surface area contributed by atoms with E-state index >= 15 is 0 Å². The highest BCUT2D eigenvalue weighted by Crippen LogP contribution is 2.39. The second kappa shape index (κ2) is 8.07. The predicted octanol–water partition coefficient (Wildman–Crippen LogP) is 4.02. The standard InChI is InChI=1S/C26H22Br2N2O4/c1-3-25(11-7-5-8-12-25)29-21(31)15-16(22(29)32)20(28)18-17(19(15)27)23(33)30(24(18)34)26(4-2)13-9-6-10-14-26/h1-2H,5-14H2. The summed E-state index contributed by atoms with van der Waals surface area (Å²) in [6.07, 6.45) is 19.1. The Hall–Kier alpha value is -2.42. The second-order valence-corrected chi connectivity index (χ2v) is 11.1. The first-order valence-electron chi connectivity index (χ1n) is 11.5. The van der Waals surface area contributed by atoms with Crippen LogP contribution >= 0.6 is 31.9 Å². The quantitative estimate of drug-likeness (QED) is 0.426. The van der Waals surface area contributed by atoms with E-state index in [1.807, 2.05) is 0 Å². The third kappa shape index (κ3) is 2.88. The number of fused-ring (bicyclic) bond motifs is 2. The van der Waals surface area contributed by atoms with E-state index < -0.39 is 33.3 Å². The van der Waals surface area contributed by atoms with E-state index in [1.54, 1.807) is 0 Å². The highest BCUT2D eigenvalue weighted by molar-refractivity contribution is 9.11. The number of terminal acetylenes is 2. The van der Waals surface area contributed by atoms with E-state index in [-0.39, 0.29) is 30.5 Å². The third-order valence-corrected chi connectivity index (χ3v) is 9.39. The number of hydrogen-bond acceptors (Lipinski definition) is 4. The van der Waals surface area contributed by atoms with Crippen molar-refractivity contribution in [2.24, 2.45) is 0 Å². The maximum atomic E-state index is 13.7. The lowest BCUT2D eigenvalue weighted by Crippen LogP contribution is -2.46. The Labute approximate surface area is 212 Å². The van der Waals surface area contributed by atoms with Gasteiger partial charge in [-0.25, -0.2) is 0 Å². The summed E-state index contributed by atoms with van der Waals surface area (Å²) in [4.78, 5) is 54.6. The van der Waals surface area contributed by atoms with Crippen LogP contribution in [0, 0.1) is 24.7 Å². The molecule has 2 heterocycles. The average molecular weight is 586 g/mol. The lowest BCUT2D eigenvalue weighted by Gasteiger charge is -2.32. The molecule has 174 valence electrons. The van der Waals surface area contributed by atoms with Gasteiger partial charge in [-0.05, 0) is 57.5 Å². The molecule has 3 aromatic rings. The fourth-order valence-corrected chi connectivity index (χ4v) is 7.51. The van der Waals surface area contributed by atoms with Gasteiger partial charge in [-0.1, -0.05) is 50.4 Å². The Morgan fingerprint density at radius 1 is 0.559 bits per heavy atom. The minimum absolute atomic E-state index is 0.0669. The molecule has 0 saturated heterocycles. The van der Waals surface area contributed by atoms with E-state index in [0.29, 0.717) is 25.7 Å². The molecule has 1 aromatic carbocycles. The van der Waals surface area contributed by atoms with Gasteiger partial charge in [0.25, 0.3) is 22.2 Å². The molecule has 0 radical (unpaired) electrons. The van der Waals surface area contributed by atoms with Crippen molar-refractivity contribution in [1.82, 2.24) is 9.13 Å². The lowest BCUT2D eigenvalue weighted by molar-refractivity contribution is 0.261. The maximum Gasteiger partial charge on any atom is 0.264 e. The largest absolute Gasteiger partial charge is 0.268 e. The fraction of sp³-hybridized carbons (Fsp3) is 0.462. The van der Waals surface area contributed by atoms with Crippen LogP contribution in [0.25, 0.3) is 21.5 Å². The Balaban J connectivity index is 1.92. The van der Waals surface area contributed by atoms with E-state index in [0.717, 1.165) is 47.7 Å². The molecule has 34 heavy (non-hydrogen) atoms. The summed E-state index contributed by atoms with van der Waals surface area (Å²) in [6.45, 7) is 0. The Morgan fingerprint density at radius 2 is 0.824 bits per heavy atom. The summed E-state index contributed by atoms with van der Waals surface area (Å²) >= 11 is 6.82. The normalized spacial score (nSPS) is 19.8. The van der Waals surface area contributed by atoms with Crippen molar-refractivity contribution in [1.29, 1.82) is 0 Å². The topological polar surface area (TPSA) is 78.1 Å². The first-order chi connectivity index (χ1) is 16.2. The SMILES string of the molecule is C#CC1(n2c(=O)c3c(Br)c4c(=O)n(C5(C#C)CCCCC5)c(=O)c4c(Br)c3c2=O)CCCCC1. The van der Waals surface area contributed by atoms with Gasteiger partial charge in [0, 0.05) is 8.95 Å². The Bertz CT molecular complexity index is 1440. The van der Waals surface area contributed by atoms with Gasteiger partial charge in [0.2, 0.25) is 0 Å². The van der Waals surface area contributed by atoms with Crippen molar-refractivity contribution in [3.63, 3.8) is 0 Å². The molecular formula is C26H22Br2N2O4. The van der Waals surface area contributed by atoms with Crippen molar-refractivity contribution in [2.75, 3.05) is 0 Å². The van der Waals surface area contributed by atoms with Crippen LogP contribution in [0.4, 0.5) is 0 Å². The summed E-state index contributed by atoms with van der Waals surface area (Å²) in [7, 11) is 0. The predicted molar refractivity (Wildman–Crippen MR) is 140 cm³/mol. The summed E-state index contributed by atoms with van der Waals surface area (Å²) in [5.41, 5.74) is -4.19. The molecule has 0 aliphatic heterocycles. The zero-order chi connectivity index (χ0) is 24.4. The molecule has 0 amide bonds. The first-order valence-corrected chi connectivity index (χ1v) is 13.1. The summed E-state index contributed by atoms with van der Waals surface area (Å²) < 4.78 is 2.62. The van der Waals surface area contributed by atoms with Crippen molar-refractivity contribution in [3.05, 3.63) is 50.4 Å². The molecule has 0 atom stereocenters. The van der Waals surface area contributed by atoms with Gasteiger partial charge in [0.1, 0.15) is 11.1 Å². The lowest BCUT2D eigenvalue weighted by atomic mass is 9.82. The Morgan fingerprint density at radius 3 is 1.06 bits per heavy atom. The summed E-state index contributed by atoms with van der Waals surface area (Å²) in [6, 6.07) is 0. The van der Waals surface area contributed by atoms with Gasteiger partial charge in [-0.3, -0.25) is 28.3 Å². The summed E-state index contributed by atoms with van der Waals surface area (Å²) in [5.74, 6) is 5.44. The minimum atomic E-state index is -1.01. The zero-order valence-electron chi connectivity index (χ0n) is 18.5. The number of hydrogen-bond donors (Lipinski definition) is 0. The first kappa shape index (κ1) is 23.3. The van der Waals surface area contributed by atoms with Crippen molar-refractivity contribution < 1.29 is 0 Å². The molecule has 8 heteroatoms. The molecule has 2 fully saturated rings. The van der Waals surface area contributed by atoms with E-state index in [9.17, 15) is 19.2 Å². The molecule has 2 aromatic heterocycles. The molecule has 2 aliphatic rings. The molecule has 2 aliphatic carbocycles. The van der Waals surface area contributed by atoms with Gasteiger partial charge < -0.3 is 0 Å². The number of benzene rings is 1. The van der Waals surface area contributed by atoms with E-state index in [2.05, 4.69) is 43.7 Å². The third-order valence-electron chi connectivity index (χ3n) is 7.80. The van der Waals surface area contributed by atoms with Gasteiger partial charge in [0.05, 0.1) is 21.5 Å². The second-order valence-electron chi connectivity index (χ2n) is 9.49. The van der Waals surface area contributed by atoms with Crippen LogP contribution in [0.15, 0.2) is 28.1 Å². The maximum absolute atomic E-state index is 13.7. The molecule has 0 spiro atoms. The number of halogens is 2.